The number of carbonyl (C=O) groups is 2. The molecule has 0 aromatic carbocycles. The van der Waals surface area contributed by atoms with Crippen molar-refractivity contribution in [3.63, 3.8) is 0 Å². The molecule has 11 heteroatoms. The van der Waals surface area contributed by atoms with Crippen molar-refractivity contribution in [2.75, 3.05) is 53.6 Å². The van der Waals surface area contributed by atoms with Crippen molar-refractivity contribution in [3.05, 3.63) is 0 Å². The third kappa shape index (κ3) is 56.8. The fourth-order valence-corrected chi connectivity index (χ4v) is 0.936. The first-order valence-electron chi connectivity index (χ1n) is 5.95. The summed E-state index contributed by atoms with van der Waals surface area (Å²) < 4.78 is 5.18. The average molecular weight is 508 g/mol. The Labute approximate surface area is 196 Å². The summed E-state index contributed by atoms with van der Waals surface area (Å²) in [7, 11) is 2.00. The van der Waals surface area contributed by atoms with Crippen LogP contribution < -0.4 is 10.6 Å². The number of ether oxygens (including phenoxy) is 1. The monoisotopic (exact) mass is 508 g/mol. The molecule has 0 bridgehead atoms. The van der Waals surface area contributed by atoms with Crippen LogP contribution in [-0.4, -0.2) is 86.0 Å². The minimum atomic E-state index is -0.891. The van der Waals surface area contributed by atoms with Gasteiger partial charge in [-0.3, -0.25) is 9.59 Å². The summed E-state index contributed by atoms with van der Waals surface area (Å²) in [5, 5.41) is 36.0. The number of aliphatic hydroxyl groups excluding tert-OH is 2. The van der Waals surface area contributed by atoms with Gasteiger partial charge in [-0.15, -0.1) is 0 Å². The second kappa shape index (κ2) is 43.9. The Bertz CT molecular complexity index is 204. The van der Waals surface area contributed by atoms with Gasteiger partial charge >= 0.3 is 11.9 Å². The van der Waals surface area contributed by atoms with Gasteiger partial charge in [0.25, 0.3) is 0 Å². The Morgan fingerprint density at radius 1 is 0.792 bits per heavy atom. The van der Waals surface area contributed by atoms with Gasteiger partial charge in [-0.25, -0.2) is 0 Å². The molecule has 0 aliphatic rings. The van der Waals surface area contributed by atoms with E-state index in [1.807, 2.05) is 0 Å². The van der Waals surface area contributed by atoms with Crippen molar-refractivity contribution >= 4 is 11.9 Å². The van der Waals surface area contributed by atoms with Crippen molar-refractivity contribution in [3.8, 4) is 0 Å². The van der Waals surface area contributed by atoms with Gasteiger partial charge in [0.15, 0.2) is 0 Å². The maximum atomic E-state index is 10.1. The zero-order chi connectivity index (χ0) is 16.2. The molecule has 0 spiro atoms. The molecule has 0 aliphatic heterocycles. The minimum absolute atomic E-state index is 0. The summed E-state index contributed by atoms with van der Waals surface area (Å²) in [6.45, 7) is 1.96. The van der Waals surface area contributed by atoms with Crippen LogP contribution in [0.3, 0.4) is 0 Å². The first-order valence-corrected chi connectivity index (χ1v) is 5.95. The molecule has 0 saturated carbocycles. The summed E-state index contributed by atoms with van der Waals surface area (Å²) >= 11 is 0. The molecule has 0 heterocycles. The molecule has 0 unspecified atom stereocenters. The van der Waals surface area contributed by atoms with E-state index in [2.05, 4.69) is 10.6 Å². The van der Waals surface area contributed by atoms with Gasteiger partial charge in [0.2, 0.25) is 0 Å². The van der Waals surface area contributed by atoms with E-state index >= 15 is 0 Å². The maximum Gasteiger partial charge on any atom is 0.317 e. The van der Waals surface area contributed by atoms with Crippen LogP contribution >= 0.6 is 0 Å². The van der Waals surface area contributed by atoms with Gasteiger partial charge in [-0.05, 0) is 13.0 Å². The van der Waals surface area contributed by atoms with Crippen LogP contribution in [0.4, 0.5) is 0 Å². The van der Waals surface area contributed by atoms with Crippen LogP contribution in [0, 0.1) is 0 Å². The van der Waals surface area contributed by atoms with Crippen LogP contribution in [0.25, 0.3) is 0 Å². The van der Waals surface area contributed by atoms with Gasteiger partial charge in [-0.2, -0.15) is 0 Å². The Kier molecular flexibility index (Phi) is 81.3. The van der Waals surface area contributed by atoms with E-state index in [9.17, 15) is 9.59 Å². The van der Waals surface area contributed by atoms with Crippen molar-refractivity contribution < 1.29 is 100 Å². The Balaban J connectivity index is -0.0000000668. The van der Waals surface area contributed by atoms with E-state index in [4.69, 9.17) is 25.2 Å². The molecular formula is C13H34N2O7Y2. The first kappa shape index (κ1) is 44.4. The van der Waals surface area contributed by atoms with E-state index < -0.39 is 11.9 Å². The normalized spacial score (nSPS) is 7.33. The molecule has 0 fully saturated rings. The molecule has 0 rings (SSSR count). The second-order valence-corrected chi connectivity index (χ2v) is 3.11. The molecule has 9 nitrogen and oxygen atoms in total. The van der Waals surface area contributed by atoms with Crippen molar-refractivity contribution in [1.29, 1.82) is 0 Å². The largest absolute Gasteiger partial charge is 0.480 e. The van der Waals surface area contributed by atoms with Crippen molar-refractivity contribution in [2.24, 2.45) is 0 Å². The van der Waals surface area contributed by atoms with E-state index in [0.717, 1.165) is 20.6 Å². The molecule has 144 valence electrons. The van der Waals surface area contributed by atoms with E-state index in [0.29, 0.717) is 26.3 Å². The summed E-state index contributed by atoms with van der Waals surface area (Å²) in [6.07, 6.45) is 0.728. The molecule has 0 aromatic heterocycles. The minimum Gasteiger partial charge on any atom is -0.480 e. The molecule has 0 amide bonds. The predicted molar refractivity (Wildman–Crippen MR) is 86.2 cm³/mol. The Morgan fingerprint density at radius 3 is 1.54 bits per heavy atom. The molecule has 6 N–H and O–H groups in total. The van der Waals surface area contributed by atoms with Crippen LogP contribution in [-0.2, 0) is 79.7 Å². The fourth-order valence-electron chi connectivity index (χ4n) is 0.936. The fraction of sp³-hybridized carbons (Fsp3) is 0.846. The number of carboxylic acid groups (broad SMARTS) is 2. The molecule has 0 aliphatic carbocycles. The van der Waals surface area contributed by atoms with Crippen LogP contribution in [0.15, 0.2) is 0 Å². The zero-order valence-electron chi connectivity index (χ0n) is 13.1. The smallest absolute Gasteiger partial charge is 0.317 e. The van der Waals surface area contributed by atoms with E-state index in [1.54, 1.807) is 0 Å². The molecule has 0 atom stereocenters. The number of aliphatic carboxylic acids is 2. The van der Waals surface area contributed by atoms with Gasteiger partial charge in [0.05, 0.1) is 19.7 Å². The second-order valence-electron chi connectivity index (χ2n) is 3.11. The van der Waals surface area contributed by atoms with Gasteiger partial charge in [0, 0.05) is 92.8 Å². The summed E-state index contributed by atoms with van der Waals surface area (Å²) in [4.78, 5) is 20.2. The van der Waals surface area contributed by atoms with Gasteiger partial charge < -0.3 is 35.8 Å². The third-order valence-corrected chi connectivity index (χ3v) is 1.62. The number of aliphatic hydroxyl groups is 2. The van der Waals surface area contributed by atoms with Gasteiger partial charge in [-0.1, -0.05) is 14.9 Å². The predicted octanol–water partition coefficient (Wildman–Crippen LogP) is -0.774. The first-order chi connectivity index (χ1) is 9.63. The SMILES string of the molecule is C.C.CO.CO.O=C(O)CNCCCOCCNCC(=O)O.[Y].[Y]. The van der Waals surface area contributed by atoms with Crippen molar-refractivity contribution in [2.45, 2.75) is 21.3 Å². The zero-order valence-corrected chi connectivity index (χ0v) is 18.8. The number of rotatable bonds is 11. The number of nitrogens with one attached hydrogen (secondary N) is 2. The topological polar surface area (TPSA) is 148 Å². The molecule has 0 aromatic rings. The molecular weight excluding hydrogens is 474 g/mol. The Hall–Kier alpha value is 0.948. The summed E-state index contributed by atoms with van der Waals surface area (Å²) in [6, 6.07) is 0. The van der Waals surface area contributed by atoms with Crippen LogP contribution in [0.1, 0.15) is 21.3 Å². The standard InChI is InChI=1S/C9H18N2O5.2CH4O.2CH4.2Y/c12-8(13)6-10-2-1-4-16-5-3-11-7-9(14)15;2*1-2;;;;/h10-11H,1-7H2,(H,12,13)(H,14,15);2*2H,1H3;2*1H4;;. The number of hydrogen-bond acceptors (Lipinski definition) is 7. The quantitative estimate of drug-likeness (QED) is 0.198. The third-order valence-electron chi connectivity index (χ3n) is 1.62. The number of hydrogen-bond donors (Lipinski definition) is 6. The van der Waals surface area contributed by atoms with Gasteiger partial charge in [0.1, 0.15) is 0 Å². The molecule has 24 heavy (non-hydrogen) atoms. The molecule has 2 radical (unpaired) electrons. The van der Waals surface area contributed by atoms with E-state index in [1.165, 1.54) is 0 Å². The maximum absolute atomic E-state index is 10.1. The van der Waals surface area contributed by atoms with Crippen LogP contribution in [0.5, 0.6) is 0 Å². The molecule has 0 saturated heterocycles. The average Bonchev–Trinajstić information content (AvgIpc) is 2.44. The van der Waals surface area contributed by atoms with Crippen LogP contribution in [0.2, 0.25) is 0 Å². The summed E-state index contributed by atoms with van der Waals surface area (Å²) in [5.74, 6) is -1.77. The summed E-state index contributed by atoms with van der Waals surface area (Å²) in [5.41, 5.74) is 0. The Morgan fingerprint density at radius 2 is 1.17 bits per heavy atom. The van der Waals surface area contributed by atoms with Crippen molar-refractivity contribution in [1.82, 2.24) is 10.6 Å². The number of carboxylic acids is 2. The van der Waals surface area contributed by atoms with E-state index in [-0.39, 0.29) is 93.4 Å².